The highest BCUT2D eigenvalue weighted by Crippen LogP contribution is 2.16. The summed E-state index contributed by atoms with van der Waals surface area (Å²) in [5, 5.41) is 10.3. The molecule has 0 aliphatic carbocycles. The number of aromatic nitrogens is 3. The van der Waals surface area contributed by atoms with Crippen molar-refractivity contribution in [2.45, 2.75) is 0 Å². The van der Waals surface area contributed by atoms with Gasteiger partial charge in [-0.2, -0.15) is 0 Å². The van der Waals surface area contributed by atoms with Gasteiger partial charge in [0.15, 0.2) is 0 Å². The number of nitrogens with zero attached hydrogens (tertiary/aromatic N) is 3. The molecule has 1 heterocycles. The molecule has 0 atom stereocenters. The van der Waals surface area contributed by atoms with Crippen LogP contribution < -0.4 is 10.1 Å². The largest absolute Gasteiger partial charge is 0.497 e. The summed E-state index contributed by atoms with van der Waals surface area (Å²) in [7, 11) is 1.60. The van der Waals surface area contributed by atoms with Crippen molar-refractivity contribution in [3.8, 4) is 11.4 Å². The summed E-state index contributed by atoms with van der Waals surface area (Å²) in [6.07, 6.45) is 3.21. The topological polar surface area (TPSA) is 69.0 Å². The molecule has 0 bridgehead atoms. The Kier molecular flexibility index (Phi) is 3.82. The third-order valence-corrected chi connectivity index (χ3v) is 3.19. The molecule has 2 aromatic carbocycles. The third kappa shape index (κ3) is 2.95. The van der Waals surface area contributed by atoms with Crippen LogP contribution in [0.1, 0.15) is 10.4 Å². The zero-order chi connectivity index (χ0) is 15.4. The van der Waals surface area contributed by atoms with Gasteiger partial charge in [0.05, 0.1) is 7.11 Å². The minimum Gasteiger partial charge on any atom is -0.497 e. The van der Waals surface area contributed by atoms with Crippen LogP contribution in [0.3, 0.4) is 0 Å². The monoisotopic (exact) mass is 294 g/mol. The molecule has 0 saturated carbocycles. The summed E-state index contributed by atoms with van der Waals surface area (Å²) >= 11 is 0. The lowest BCUT2D eigenvalue weighted by Crippen LogP contribution is -2.11. The van der Waals surface area contributed by atoms with E-state index >= 15 is 0 Å². The molecule has 0 spiro atoms. The summed E-state index contributed by atoms with van der Waals surface area (Å²) in [6.45, 7) is 0. The molecule has 0 aliphatic rings. The van der Waals surface area contributed by atoms with E-state index in [0.717, 1.165) is 11.4 Å². The van der Waals surface area contributed by atoms with Crippen molar-refractivity contribution in [2.75, 3.05) is 12.4 Å². The van der Waals surface area contributed by atoms with Gasteiger partial charge in [0.2, 0.25) is 0 Å². The maximum atomic E-state index is 12.2. The average molecular weight is 294 g/mol. The minimum atomic E-state index is -0.166. The minimum absolute atomic E-state index is 0.166. The van der Waals surface area contributed by atoms with Gasteiger partial charge >= 0.3 is 0 Å². The lowest BCUT2D eigenvalue weighted by molar-refractivity contribution is 0.102. The Morgan fingerprint density at radius 1 is 1.00 bits per heavy atom. The number of amides is 1. The highest BCUT2D eigenvalue weighted by molar-refractivity contribution is 6.04. The number of carbonyl (C=O) groups is 1. The molecule has 0 fully saturated rings. The van der Waals surface area contributed by atoms with E-state index < -0.39 is 0 Å². The van der Waals surface area contributed by atoms with E-state index in [0.29, 0.717) is 11.3 Å². The number of carbonyl (C=O) groups excluding carboxylic acids is 1. The quantitative estimate of drug-likeness (QED) is 0.802. The Labute approximate surface area is 127 Å². The number of rotatable bonds is 4. The summed E-state index contributed by atoms with van der Waals surface area (Å²) in [5.41, 5.74) is 2.19. The van der Waals surface area contributed by atoms with Gasteiger partial charge in [-0.25, -0.2) is 0 Å². The lowest BCUT2D eigenvalue weighted by atomic mass is 10.2. The van der Waals surface area contributed by atoms with Crippen LogP contribution in [-0.4, -0.2) is 27.8 Å². The number of hydrogen-bond donors (Lipinski definition) is 1. The summed E-state index contributed by atoms with van der Waals surface area (Å²) in [6, 6.07) is 14.4. The zero-order valence-electron chi connectivity index (χ0n) is 11.9. The molecule has 6 heteroatoms. The number of benzene rings is 2. The second-order valence-electron chi connectivity index (χ2n) is 4.60. The SMILES string of the molecule is COc1ccc(NC(=O)c2ccc(-n3cnnc3)cc2)cc1. The molecular formula is C16H14N4O2. The van der Waals surface area contributed by atoms with Crippen molar-refractivity contribution in [3.05, 3.63) is 66.7 Å². The Morgan fingerprint density at radius 2 is 1.64 bits per heavy atom. The molecule has 1 aromatic heterocycles. The predicted octanol–water partition coefficient (Wildman–Crippen LogP) is 2.53. The Hall–Kier alpha value is -3.15. The van der Waals surface area contributed by atoms with Crippen LogP contribution in [0.2, 0.25) is 0 Å². The molecule has 3 aromatic rings. The maximum Gasteiger partial charge on any atom is 0.255 e. The first kappa shape index (κ1) is 13.8. The van der Waals surface area contributed by atoms with E-state index in [9.17, 15) is 4.79 Å². The summed E-state index contributed by atoms with van der Waals surface area (Å²) in [4.78, 5) is 12.2. The van der Waals surface area contributed by atoms with Gasteiger partial charge in [-0.15, -0.1) is 10.2 Å². The number of hydrogen-bond acceptors (Lipinski definition) is 4. The van der Waals surface area contributed by atoms with Gasteiger partial charge < -0.3 is 10.1 Å². The average Bonchev–Trinajstić information content (AvgIpc) is 3.10. The van der Waals surface area contributed by atoms with Crippen molar-refractivity contribution >= 4 is 11.6 Å². The summed E-state index contributed by atoms with van der Waals surface area (Å²) < 4.78 is 6.85. The highest BCUT2D eigenvalue weighted by Gasteiger charge is 2.06. The molecule has 0 saturated heterocycles. The molecule has 0 radical (unpaired) electrons. The van der Waals surface area contributed by atoms with E-state index in [4.69, 9.17) is 4.74 Å². The molecule has 22 heavy (non-hydrogen) atoms. The second-order valence-corrected chi connectivity index (χ2v) is 4.60. The van der Waals surface area contributed by atoms with Crippen molar-refractivity contribution < 1.29 is 9.53 Å². The first-order chi connectivity index (χ1) is 10.8. The van der Waals surface area contributed by atoms with E-state index in [2.05, 4.69) is 15.5 Å². The van der Waals surface area contributed by atoms with Crippen LogP contribution in [-0.2, 0) is 0 Å². The van der Waals surface area contributed by atoms with Gasteiger partial charge in [0, 0.05) is 16.9 Å². The van der Waals surface area contributed by atoms with Crippen molar-refractivity contribution in [1.82, 2.24) is 14.8 Å². The molecule has 3 rings (SSSR count). The van der Waals surface area contributed by atoms with Crippen LogP contribution in [0.15, 0.2) is 61.2 Å². The van der Waals surface area contributed by atoms with Crippen molar-refractivity contribution in [1.29, 1.82) is 0 Å². The molecule has 0 aliphatic heterocycles. The smallest absolute Gasteiger partial charge is 0.255 e. The molecular weight excluding hydrogens is 280 g/mol. The standard InChI is InChI=1S/C16H14N4O2/c1-22-15-8-4-13(5-9-15)19-16(21)12-2-6-14(7-3-12)20-10-17-18-11-20/h2-11H,1H3,(H,19,21). The van der Waals surface area contributed by atoms with E-state index in [1.54, 1.807) is 60.7 Å². The molecule has 1 N–H and O–H groups in total. The van der Waals surface area contributed by atoms with E-state index in [-0.39, 0.29) is 5.91 Å². The van der Waals surface area contributed by atoms with Gasteiger partial charge in [-0.1, -0.05) is 0 Å². The van der Waals surface area contributed by atoms with Crippen molar-refractivity contribution in [3.63, 3.8) is 0 Å². The molecule has 0 unspecified atom stereocenters. The number of anilines is 1. The predicted molar refractivity (Wildman–Crippen MR) is 82.3 cm³/mol. The van der Waals surface area contributed by atoms with Gasteiger partial charge in [0.1, 0.15) is 18.4 Å². The van der Waals surface area contributed by atoms with E-state index in [1.807, 2.05) is 12.1 Å². The lowest BCUT2D eigenvalue weighted by Gasteiger charge is -2.07. The van der Waals surface area contributed by atoms with Crippen LogP contribution in [0.4, 0.5) is 5.69 Å². The molecule has 6 nitrogen and oxygen atoms in total. The van der Waals surface area contributed by atoms with Gasteiger partial charge in [-0.3, -0.25) is 9.36 Å². The number of ether oxygens (including phenoxy) is 1. The molecule has 110 valence electrons. The second kappa shape index (κ2) is 6.09. The third-order valence-electron chi connectivity index (χ3n) is 3.19. The highest BCUT2D eigenvalue weighted by atomic mass is 16.5. The first-order valence-electron chi connectivity index (χ1n) is 6.67. The van der Waals surface area contributed by atoms with Gasteiger partial charge in [-0.05, 0) is 48.5 Å². The first-order valence-corrected chi connectivity index (χ1v) is 6.67. The van der Waals surface area contributed by atoms with Crippen molar-refractivity contribution in [2.24, 2.45) is 0 Å². The number of methoxy groups -OCH3 is 1. The van der Waals surface area contributed by atoms with Crippen LogP contribution in [0, 0.1) is 0 Å². The van der Waals surface area contributed by atoms with Gasteiger partial charge in [0.25, 0.3) is 5.91 Å². The fraction of sp³-hybridized carbons (Fsp3) is 0.0625. The Morgan fingerprint density at radius 3 is 2.23 bits per heavy atom. The Bertz CT molecular complexity index is 750. The number of nitrogens with one attached hydrogen (secondary N) is 1. The zero-order valence-corrected chi connectivity index (χ0v) is 11.9. The van der Waals surface area contributed by atoms with Crippen LogP contribution in [0.5, 0.6) is 5.75 Å². The fourth-order valence-electron chi connectivity index (χ4n) is 2.00. The fourth-order valence-corrected chi connectivity index (χ4v) is 2.00. The van der Waals surface area contributed by atoms with E-state index in [1.165, 1.54) is 0 Å². The van der Waals surface area contributed by atoms with Crippen LogP contribution >= 0.6 is 0 Å². The Balaban J connectivity index is 1.71. The maximum absolute atomic E-state index is 12.2. The summed E-state index contributed by atoms with van der Waals surface area (Å²) in [5.74, 6) is 0.580. The van der Waals surface area contributed by atoms with Crippen LogP contribution in [0.25, 0.3) is 5.69 Å². The molecule has 1 amide bonds. The normalized spacial score (nSPS) is 10.2.